The first-order valence-corrected chi connectivity index (χ1v) is 40.5. The van der Waals surface area contributed by atoms with E-state index in [1.807, 2.05) is 0 Å². The van der Waals surface area contributed by atoms with Gasteiger partial charge in [0.1, 0.15) is 0 Å². The molecule has 75 heavy (non-hydrogen) atoms. The molecule has 0 unspecified atom stereocenters. The Labute approximate surface area is 480 Å². The molecule has 0 aliphatic heterocycles. The first kappa shape index (κ1) is 75.4. The molecule has 0 fully saturated rings. The van der Waals surface area contributed by atoms with Crippen molar-refractivity contribution in [3.8, 4) is 0 Å². The fourth-order valence-electron chi connectivity index (χ4n) is 12.8. The van der Waals surface area contributed by atoms with E-state index in [-0.39, 0.29) is 0 Å². The molecular weight excluding hydrogens is 920 g/mol. The third-order valence-corrected chi connectivity index (χ3v) is 21.8. The van der Waals surface area contributed by atoms with Gasteiger partial charge in [-0.25, -0.2) is 0 Å². The summed E-state index contributed by atoms with van der Waals surface area (Å²) >= 11 is 0. The maximum absolute atomic E-state index is 2.69. The summed E-state index contributed by atoms with van der Waals surface area (Å²) in [6.45, 7) is 10.0. The van der Waals surface area contributed by atoms with Crippen molar-refractivity contribution >= 4 is 7.26 Å². The summed E-state index contributed by atoms with van der Waals surface area (Å²) in [6, 6.07) is 0. The summed E-state index contributed by atoms with van der Waals surface area (Å²) in [6.07, 6.45) is 105. The van der Waals surface area contributed by atoms with Gasteiger partial charge in [0, 0.05) is 0 Å². The summed E-state index contributed by atoms with van der Waals surface area (Å²) in [7, 11) is -0.955. The molecule has 454 valence electrons. The Morgan fingerprint density at radius 3 is 0.293 bits per heavy atom. The zero-order chi connectivity index (χ0) is 54.0. The van der Waals surface area contributed by atoms with E-state index < -0.39 is 7.26 Å². The van der Waals surface area contributed by atoms with Crippen molar-refractivity contribution in [3.63, 3.8) is 0 Å². The van der Waals surface area contributed by atoms with Crippen molar-refractivity contribution < 1.29 is 0 Å². The number of rotatable bonds is 70. The Morgan fingerprint density at radius 2 is 0.200 bits per heavy atom. The number of unbranched alkanes of at least 4 members (excludes halogenated alkanes) is 66. The predicted octanol–water partition coefficient (Wildman–Crippen LogP) is 28.6. The molecular formula is C74H153P. The van der Waals surface area contributed by atoms with Gasteiger partial charge < -0.3 is 0 Å². The molecule has 0 bridgehead atoms. The van der Waals surface area contributed by atoms with Crippen molar-refractivity contribution in [1.29, 1.82) is 0 Å². The Bertz CT molecular complexity index is 879. The average Bonchev–Trinajstić information content (AvgIpc) is 3.41. The SMILES string of the molecule is CCCCCCCCCCCCCCCCCCCCCCCCCCCCCCCCCCCC[PH](C)(C)CCCCCCCCCCCCCCCCCCCCCCCCCCCCCCCCCCCC. The smallest absolute Gasteiger partial charge is 0.0654 e. The van der Waals surface area contributed by atoms with E-state index >= 15 is 0 Å². The van der Waals surface area contributed by atoms with E-state index in [4.69, 9.17) is 0 Å². The van der Waals surface area contributed by atoms with E-state index in [0.29, 0.717) is 0 Å². The Morgan fingerprint density at radius 1 is 0.120 bits per heavy atom. The third kappa shape index (κ3) is 70.5. The average molecular weight is 1070 g/mol. The summed E-state index contributed by atoms with van der Waals surface area (Å²) < 4.78 is 0. The van der Waals surface area contributed by atoms with Gasteiger partial charge in [-0.2, -0.15) is 0 Å². The van der Waals surface area contributed by atoms with Crippen molar-refractivity contribution in [2.75, 3.05) is 25.7 Å². The second-order valence-corrected chi connectivity index (χ2v) is 32.3. The molecule has 0 nitrogen and oxygen atoms in total. The third-order valence-electron chi connectivity index (χ3n) is 18.4. The Hall–Kier alpha value is 0.430. The molecule has 0 spiro atoms. The quantitative estimate of drug-likeness (QED) is 0.0421. The zero-order valence-corrected chi connectivity index (χ0v) is 55.0. The van der Waals surface area contributed by atoms with Crippen LogP contribution in [0.15, 0.2) is 0 Å². The van der Waals surface area contributed by atoms with Gasteiger partial charge in [-0.1, -0.05) is 309 Å². The van der Waals surface area contributed by atoms with Crippen molar-refractivity contribution in [2.45, 2.75) is 450 Å². The van der Waals surface area contributed by atoms with E-state index in [2.05, 4.69) is 27.2 Å². The van der Waals surface area contributed by atoms with Crippen LogP contribution in [0.5, 0.6) is 0 Å². The van der Waals surface area contributed by atoms with Gasteiger partial charge in [0.25, 0.3) is 0 Å². The fraction of sp³-hybridized carbons (Fsp3) is 1.00. The van der Waals surface area contributed by atoms with E-state index in [9.17, 15) is 0 Å². The predicted molar refractivity (Wildman–Crippen MR) is 355 cm³/mol. The van der Waals surface area contributed by atoms with Crippen LogP contribution in [0, 0.1) is 0 Å². The second-order valence-electron chi connectivity index (χ2n) is 27.0. The second kappa shape index (κ2) is 68.7. The monoisotopic (exact) mass is 1070 g/mol. The number of hydrogen-bond acceptors (Lipinski definition) is 0. The van der Waals surface area contributed by atoms with Crippen LogP contribution in [0.3, 0.4) is 0 Å². The van der Waals surface area contributed by atoms with E-state index in [1.54, 1.807) is 12.3 Å². The zero-order valence-electron chi connectivity index (χ0n) is 54.0. The molecule has 0 saturated heterocycles. The molecule has 0 heterocycles. The molecule has 0 aromatic rings. The van der Waals surface area contributed by atoms with Gasteiger partial charge in [-0.3, -0.25) is 0 Å². The Kier molecular flexibility index (Phi) is 69.1. The van der Waals surface area contributed by atoms with E-state index in [0.717, 1.165) is 0 Å². The molecule has 0 amide bonds. The summed E-state index contributed by atoms with van der Waals surface area (Å²) in [5, 5.41) is 0. The van der Waals surface area contributed by atoms with Gasteiger partial charge in [0.05, 0.1) is 0 Å². The standard InChI is InChI=1S/C74H153P/c1-5-7-9-11-13-15-17-19-21-23-25-27-29-31-33-35-37-39-41-43-45-47-49-51-53-55-57-59-61-63-65-67-69-71-73-75(3,4)74-72-70-68-66-64-62-60-58-56-54-52-50-48-46-44-42-40-38-36-34-32-30-28-26-24-22-20-18-16-14-12-10-8-6-2/h75H,5-74H2,1-4H3. The number of hydrogen-bond donors (Lipinski definition) is 0. The molecule has 1 heteroatoms. The van der Waals surface area contributed by atoms with Crippen LogP contribution in [0.25, 0.3) is 0 Å². The van der Waals surface area contributed by atoms with Gasteiger partial charge in [-0.05, 0) is 0 Å². The van der Waals surface area contributed by atoms with Gasteiger partial charge in [0.15, 0.2) is 0 Å². The van der Waals surface area contributed by atoms with Crippen LogP contribution >= 0.6 is 7.26 Å². The van der Waals surface area contributed by atoms with Crippen molar-refractivity contribution in [2.24, 2.45) is 0 Å². The minimum atomic E-state index is -0.955. The first-order valence-electron chi connectivity index (χ1n) is 37.1. The van der Waals surface area contributed by atoms with Crippen LogP contribution < -0.4 is 0 Å². The van der Waals surface area contributed by atoms with Gasteiger partial charge in [-0.15, -0.1) is 0 Å². The Balaban J connectivity index is 3.21. The van der Waals surface area contributed by atoms with Crippen molar-refractivity contribution in [3.05, 3.63) is 0 Å². The van der Waals surface area contributed by atoms with Crippen LogP contribution in [0.4, 0.5) is 0 Å². The summed E-state index contributed by atoms with van der Waals surface area (Å²) in [4.78, 5) is 0. The summed E-state index contributed by atoms with van der Waals surface area (Å²) in [5.74, 6) is 0. The minimum Gasteiger partial charge on any atom is -0.0654 e. The minimum absolute atomic E-state index is 0.955. The van der Waals surface area contributed by atoms with Crippen molar-refractivity contribution in [1.82, 2.24) is 0 Å². The van der Waals surface area contributed by atoms with Crippen LogP contribution in [-0.2, 0) is 0 Å². The topological polar surface area (TPSA) is 0 Å². The maximum atomic E-state index is 2.69. The first-order chi connectivity index (χ1) is 37.1. The fourth-order valence-corrected chi connectivity index (χ4v) is 15.5. The molecule has 0 saturated carbocycles. The van der Waals surface area contributed by atoms with Crippen LogP contribution in [0.1, 0.15) is 450 Å². The molecule has 0 radical (unpaired) electrons. The molecule has 0 rings (SSSR count). The molecule has 0 aromatic heterocycles. The van der Waals surface area contributed by atoms with Gasteiger partial charge in [0.2, 0.25) is 0 Å². The molecule has 0 aliphatic carbocycles. The van der Waals surface area contributed by atoms with E-state index in [1.165, 1.54) is 437 Å². The normalized spacial score (nSPS) is 12.2. The van der Waals surface area contributed by atoms with Crippen LogP contribution in [0.2, 0.25) is 0 Å². The molecule has 0 aliphatic rings. The molecule has 0 atom stereocenters. The van der Waals surface area contributed by atoms with Gasteiger partial charge >= 0.3 is 174 Å². The molecule has 0 N–H and O–H groups in total. The summed E-state index contributed by atoms with van der Waals surface area (Å²) in [5.41, 5.74) is 0. The van der Waals surface area contributed by atoms with Crippen LogP contribution in [-0.4, -0.2) is 25.7 Å². The molecule has 0 aromatic carbocycles.